The summed E-state index contributed by atoms with van der Waals surface area (Å²) in [5.41, 5.74) is 1.83. The fraction of sp³-hybridized carbons (Fsp3) is 0.286. The van der Waals surface area contributed by atoms with Crippen LogP contribution in [0.15, 0.2) is 18.2 Å². The second-order valence-electron chi connectivity index (χ2n) is 4.79. The summed E-state index contributed by atoms with van der Waals surface area (Å²) in [5, 5.41) is 12.8. The SMILES string of the molecule is Cc1c(F)cccc1Nc1nc2c(s1)CCC2C(=O)O. The van der Waals surface area contributed by atoms with Crippen molar-refractivity contribution in [3.05, 3.63) is 40.2 Å². The molecule has 0 fully saturated rings. The summed E-state index contributed by atoms with van der Waals surface area (Å²) in [4.78, 5) is 16.5. The van der Waals surface area contributed by atoms with Crippen LogP contribution in [0, 0.1) is 12.7 Å². The van der Waals surface area contributed by atoms with E-state index in [1.807, 2.05) is 0 Å². The number of nitrogens with zero attached hydrogens (tertiary/aromatic N) is 1. The lowest BCUT2D eigenvalue weighted by Crippen LogP contribution is -2.08. The zero-order chi connectivity index (χ0) is 14.3. The Balaban J connectivity index is 1.88. The monoisotopic (exact) mass is 292 g/mol. The number of benzene rings is 1. The molecule has 0 spiro atoms. The minimum absolute atomic E-state index is 0.275. The maximum atomic E-state index is 13.5. The Kier molecular flexibility index (Phi) is 3.17. The molecule has 2 aromatic rings. The van der Waals surface area contributed by atoms with Crippen LogP contribution in [-0.4, -0.2) is 16.1 Å². The van der Waals surface area contributed by atoms with Crippen LogP contribution >= 0.6 is 11.3 Å². The van der Waals surface area contributed by atoms with Gasteiger partial charge >= 0.3 is 5.97 Å². The van der Waals surface area contributed by atoms with Crippen LogP contribution < -0.4 is 5.32 Å². The number of hydrogen-bond donors (Lipinski definition) is 2. The number of nitrogens with one attached hydrogen (secondary N) is 1. The molecular formula is C14H13FN2O2S. The third kappa shape index (κ3) is 2.16. The molecule has 6 heteroatoms. The maximum Gasteiger partial charge on any atom is 0.312 e. The van der Waals surface area contributed by atoms with Crippen molar-refractivity contribution in [1.82, 2.24) is 4.98 Å². The topological polar surface area (TPSA) is 62.2 Å². The first-order chi connectivity index (χ1) is 9.56. The summed E-state index contributed by atoms with van der Waals surface area (Å²) < 4.78 is 13.5. The molecule has 1 aliphatic carbocycles. The first-order valence-electron chi connectivity index (χ1n) is 6.31. The first kappa shape index (κ1) is 13.1. The Morgan fingerprint density at radius 3 is 3.10 bits per heavy atom. The molecule has 1 unspecified atom stereocenters. The molecule has 2 N–H and O–H groups in total. The summed E-state index contributed by atoms with van der Waals surface area (Å²) >= 11 is 1.44. The third-order valence-electron chi connectivity index (χ3n) is 3.53. The lowest BCUT2D eigenvalue weighted by Gasteiger charge is -2.07. The molecule has 0 radical (unpaired) electrons. The van der Waals surface area contributed by atoms with Crippen LogP contribution in [0.1, 0.15) is 28.5 Å². The van der Waals surface area contributed by atoms with Crippen LogP contribution in [0.5, 0.6) is 0 Å². The number of anilines is 2. The summed E-state index contributed by atoms with van der Waals surface area (Å²) in [6, 6.07) is 4.81. The molecule has 0 saturated heterocycles. The minimum Gasteiger partial charge on any atom is -0.481 e. The Hall–Kier alpha value is -1.95. The van der Waals surface area contributed by atoms with Gasteiger partial charge in [0.1, 0.15) is 11.7 Å². The number of hydrogen-bond acceptors (Lipinski definition) is 4. The first-order valence-corrected chi connectivity index (χ1v) is 7.12. The average Bonchev–Trinajstić information content (AvgIpc) is 2.94. The maximum absolute atomic E-state index is 13.5. The Morgan fingerprint density at radius 2 is 2.35 bits per heavy atom. The molecule has 0 amide bonds. The van der Waals surface area contributed by atoms with E-state index in [-0.39, 0.29) is 5.82 Å². The van der Waals surface area contributed by atoms with Crippen molar-refractivity contribution in [2.45, 2.75) is 25.7 Å². The quantitative estimate of drug-likeness (QED) is 0.909. The van der Waals surface area contributed by atoms with Gasteiger partial charge in [-0.15, -0.1) is 11.3 Å². The van der Waals surface area contributed by atoms with Crippen molar-refractivity contribution < 1.29 is 14.3 Å². The van der Waals surface area contributed by atoms with Crippen LogP contribution in [-0.2, 0) is 11.2 Å². The predicted molar refractivity (Wildman–Crippen MR) is 75.2 cm³/mol. The van der Waals surface area contributed by atoms with Gasteiger partial charge in [0.2, 0.25) is 0 Å². The zero-order valence-electron chi connectivity index (χ0n) is 10.8. The summed E-state index contributed by atoms with van der Waals surface area (Å²) in [5.74, 6) is -1.62. The Labute approximate surface area is 119 Å². The van der Waals surface area contributed by atoms with Crippen molar-refractivity contribution in [2.24, 2.45) is 0 Å². The van der Waals surface area contributed by atoms with Gasteiger partial charge in [-0.05, 0) is 31.9 Å². The number of carboxylic acids is 1. The summed E-state index contributed by atoms with van der Waals surface area (Å²) in [6.07, 6.45) is 1.36. The van der Waals surface area contributed by atoms with Gasteiger partial charge < -0.3 is 10.4 Å². The van der Waals surface area contributed by atoms with Crippen molar-refractivity contribution in [2.75, 3.05) is 5.32 Å². The molecule has 3 rings (SSSR count). The van der Waals surface area contributed by atoms with E-state index in [0.29, 0.717) is 28.5 Å². The summed E-state index contributed by atoms with van der Waals surface area (Å²) in [7, 11) is 0. The van der Waals surface area contributed by atoms with E-state index < -0.39 is 11.9 Å². The Morgan fingerprint density at radius 1 is 1.55 bits per heavy atom. The number of aryl methyl sites for hydroxylation is 1. The number of aromatic nitrogens is 1. The molecule has 1 aromatic carbocycles. The second kappa shape index (κ2) is 4.86. The highest BCUT2D eigenvalue weighted by atomic mass is 32.1. The van der Waals surface area contributed by atoms with Gasteiger partial charge in [0.15, 0.2) is 5.13 Å². The molecule has 20 heavy (non-hydrogen) atoms. The molecule has 0 bridgehead atoms. The molecule has 4 nitrogen and oxygen atoms in total. The molecule has 1 atom stereocenters. The van der Waals surface area contributed by atoms with E-state index in [1.165, 1.54) is 17.4 Å². The highest BCUT2D eigenvalue weighted by Gasteiger charge is 2.32. The highest BCUT2D eigenvalue weighted by Crippen LogP contribution is 2.39. The number of carboxylic acid groups (broad SMARTS) is 1. The lowest BCUT2D eigenvalue weighted by molar-refractivity contribution is -0.138. The van der Waals surface area contributed by atoms with Gasteiger partial charge in [0.25, 0.3) is 0 Å². The van der Waals surface area contributed by atoms with E-state index in [0.717, 1.165) is 11.3 Å². The second-order valence-corrected chi connectivity index (χ2v) is 5.88. The molecule has 1 heterocycles. The van der Waals surface area contributed by atoms with Gasteiger partial charge in [-0.3, -0.25) is 4.79 Å². The van der Waals surface area contributed by atoms with Gasteiger partial charge in [0, 0.05) is 16.1 Å². The molecule has 1 aromatic heterocycles. The molecular weight excluding hydrogens is 279 g/mol. The van der Waals surface area contributed by atoms with Crippen molar-refractivity contribution >= 4 is 28.1 Å². The fourth-order valence-corrected chi connectivity index (χ4v) is 3.43. The number of rotatable bonds is 3. The van der Waals surface area contributed by atoms with Crippen molar-refractivity contribution in [3.63, 3.8) is 0 Å². The highest BCUT2D eigenvalue weighted by molar-refractivity contribution is 7.15. The van der Waals surface area contributed by atoms with Crippen molar-refractivity contribution in [3.8, 4) is 0 Å². The number of fused-ring (bicyclic) bond motifs is 1. The standard InChI is InChI=1S/C14H13FN2O2S/c1-7-9(15)3-2-4-10(7)16-14-17-12-8(13(18)19)5-6-11(12)20-14/h2-4,8H,5-6H2,1H3,(H,16,17)(H,18,19). The zero-order valence-corrected chi connectivity index (χ0v) is 11.6. The lowest BCUT2D eigenvalue weighted by atomic mass is 10.1. The van der Waals surface area contributed by atoms with E-state index in [1.54, 1.807) is 19.1 Å². The number of thiazole rings is 1. The number of aliphatic carboxylic acids is 1. The normalized spacial score (nSPS) is 17.0. The van der Waals surface area contributed by atoms with Crippen LogP contribution in [0.2, 0.25) is 0 Å². The smallest absolute Gasteiger partial charge is 0.312 e. The Bertz CT molecular complexity index is 684. The van der Waals surface area contributed by atoms with Crippen molar-refractivity contribution in [1.29, 1.82) is 0 Å². The largest absolute Gasteiger partial charge is 0.481 e. The van der Waals surface area contributed by atoms with E-state index in [4.69, 9.17) is 5.11 Å². The molecule has 0 saturated carbocycles. The predicted octanol–water partition coefficient (Wildman–Crippen LogP) is 3.45. The van der Waals surface area contributed by atoms with Crippen LogP contribution in [0.25, 0.3) is 0 Å². The molecule has 0 aliphatic heterocycles. The van der Waals surface area contributed by atoms with Crippen LogP contribution in [0.3, 0.4) is 0 Å². The van der Waals surface area contributed by atoms with Gasteiger partial charge in [-0.1, -0.05) is 6.07 Å². The minimum atomic E-state index is -0.831. The van der Waals surface area contributed by atoms with Gasteiger partial charge in [0.05, 0.1) is 5.69 Å². The number of carbonyl (C=O) groups is 1. The third-order valence-corrected chi connectivity index (χ3v) is 4.57. The molecule has 1 aliphatic rings. The summed E-state index contributed by atoms with van der Waals surface area (Å²) in [6.45, 7) is 1.69. The van der Waals surface area contributed by atoms with E-state index >= 15 is 0 Å². The average molecular weight is 292 g/mol. The van der Waals surface area contributed by atoms with E-state index in [2.05, 4.69) is 10.3 Å². The number of halogens is 1. The van der Waals surface area contributed by atoms with Gasteiger partial charge in [-0.2, -0.15) is 0 Å². The van der Waals surface area contributed by atoms with Crippen LogP contribution in [0.4, 0.5) is 15.2 Å². The van der Waals surface area contributed by atoms with Gasteiger partial charge in [-0.25, -0.2) is 9.37 Å². The molecule has 104 valence electrons. The fourth-order valence-electron chi connectivity index (χ4n) is 2.38. The van der Waals surface area contributed by atoms with E-state index in [9.17, 15) is 9.18 Å².